The van der Waals surface area contributed by atoms with Crippen molar-refractivity contribution in [2.24, 2.45) is 0 Å². The van der Waals surface area contributed by atoms with Crippen molar-refractivity contribution in [2.45, 2.75) is 32.2 Å². The maximum absolute atomic E-state index is 5.31. The van der Waals surface area contributed by atoms with E-state index in [0.717, 1.165) is 18.6 Å². The number of nitrogens with one attached hydrogen (secondary N) is 1. The molecule has 0 aliphatic heterocycles. The SMILES string of the molecule is CCONC1CCCc2ccc(OC)cc21. The highest BCUT2D eigenvalue weighted by molar-refractivity contribution is 5.39. The minimum Gasteiger partial charge on any atom is -0.497 e. The van der Waals surface area contributed by atoms with E-state index in [4.69, 9.17) is 9.57 Å². The third kappa shape index (κ3) is 2.36. The van der Waals surface area contributed by atoms with Crippen LogP contribution in [0.3, 0.4) is 0 Å². The van der Waals surface area contributed by atoms with Gasteiger partial charge in [-0.3, -0.25) is 0 Å². The van der Waals surface area contributed by atoms with Gasteiger partial charge < -0.3 is 9.57 Å². The molecule has 0 bridgehead atoms. The van der Waals surface area contributed by atoms with Crippen LogP contribution in [-0.4, -0.2) is 13.7 Å². The minimum atomic E-state index is 0.304. The molecular weight excluding hydrogens is 202 g/mol. The fourth-order valence-electron chi connectivity index (χ4n) is 2.21. The molecule has 0 saturated heterocycles. The normalized spacial score (nSPS) is 19.2. The third-order valence-electron chi connectivity index (χ3n) is 3.04. The monoisotopic (exact) mass is 221 g/mol. The summed E-state index contributed by atoms with van der Waals surface area (Å²) in [5.41, 5.74) is 5.85. The van der Waals surface area contributed by atoms with Gasteiger partial charge in [0.2, 0.25) is 0 Å². The molecule has 1 aliphatic rings. The van der Waals surface area contributed by atoms with Gasteiger partial charge in [-0.1, -0.05) is 6.07 Å². The molecule has 1 aliphatic carbocycles. The first-order chi connectivity index (χ1) is 7.85. The van der Waals surface area contributed by atoms with Crippen LogP contribution < -0.4 is 10.2 Å². The molecule has 1 aromatic rings. The summed E-state index contributed by atoms with van der Waals surface area (Å²) in [6.45, 7) is 2.68. The van der Waals surface area contributed by atoms with Gasteiger partial charge in [-0.25, -0.2) is 0 Å². The molecule has 0 fully saturated rings. The Hall–Kier alpha value is -1.06. The first-order valence-corrected chi connectivity index (χ1v) is 5.89. The number of hydroxylamine groups is 1. The van der Waals surface area contributed by atoms with Crippen molar-refractivity contribution in [3.05, 3.63) is 29.3 Å². The predicted octanol–water partition coefficient (Wildman–Crippen LogP) is 2.61. The van der Waals surface area contributed by atoms with Crippen LogP contribution in [0.1, 0.15) is 36.9 Å². The average Bonchev–Trinajstić information content (AvgIpc) is 2.35. The number of aryl methyl sites for hydroxylation is 1. The number of rotatable bonds is 4. The Morgan fingerprint density at radius 3 is 3.06 bits per heavy atom. The van der Waals surface area contributed by atoms with Gasteiger partial charge in [0.15, 0.2) is 0 Å². The zero-order chi connectivity index (χ0) is 11.4. The molecule has 0 amide bonds. The number of ether oxygens (including phenoxy) is 1. The fourth-order valence-corrected chi connectivity index (χ4v) is 2.21. The lowest BCUT2D eigenvalue weighted by Crippen LogP contribution is -2.25. The van der Waals surface area contributed by atoms with E-state index in [-0.39, 0.29) is 0 Å². The summed E-state index contributed by atoms with van der Waals surface area (Å²) in [5.74, 6) is 0.920. The number of benzene rings is 1. The fraction of sp³-hybridized carbons (Fsp3) is 0.538. The second-order valence-corrected chi connectivity index (χ2v) is 4.06. The van der Waals surface area contributed by atoms with Crippen LogP contribution in [0.5, 0.6) is 5.75 Å². The Balaban J connectivity index is 2.21. The van der Waals surface area contributed by atoms with Crippen molar-refractivity contribution in [1.29, 1.82) is 0 Å². The molecule has 1 unspecified atom stereocenters. The van der Waals surface area contributed by atoms with Crippen LogP contribution in [0.2, 0.25) is 0 Å². The van der Waals surface area contributed by atoms with Crippen molar-refractivity contribution in [1.82, 2.24) is 5.48 Å². The van der Waals surface area contributed by atoms with E-state index in [0.29, 0.717) is 12.6 Å². The zero-order valence-electron chi connectivity index (χ0n) is 9.95. The van der Waals surface area contributed by atoms with Crippen molar-refractivity contribution in [3.63, 3.8) is 0 Å². The van der Waals surface area contributed by atoms with Crippen LogP contribution in [0.4, 0.5) is 0 Å². The molecule has 1 atom stereocenters. The second kappa shape index (κ2) is 5.32. The van der Waals surface area contributed by atoms with Crippen molar-refractivity contribution in [3.8, 4) is 5.75 Å². The lowest BCUT2D eigenvalue weighted by molar-refractivity contribution is 0.0197. The zero-order valence-corrected chi connectivity index (χ0v) is 9.95. The van der Waals surface area contributed by atoms with Gasteiger partial charge in [0.25, 0.3) is 0 Å². The Morgan fingerprint density at radius 2 is 2.31 bits per heavy atom. The molecule has 0 radical (unpaired) electrons. The lowest BCUT2D eigenvalue weighted by atomic mass is 9.88. The summed E-state index contributed by atoms with van der Waals surface area (Å²) < 4.78 is 5.26. The molecule has 0 heterocycles. The molecule has 16 heavy (non-hydrogen) atoms. The first kappa shape index (κ1) is 11.4. The van der Waals surface area contributed by atoms with Gasteiger partial charge in [0.1, 0.15) is 5.75 Å². The summed E-state index contributed by atoms with van der Waals surface area (Å²) >= 11 is 0. The molecule has 0 spiro atoms. The molecule has 2 rings (SSSR count). The number of methoxy groups -OCH3 is 1. The molecule has 3 nitrogen and oxygen atoms in total. The molecule has 0 saturated carbocycles. The molecule has 0 aromatic heterocycles. The summed E-state index contributed by atoms with van der Waals surface area (Å²) in [7, 11) is 1.70. The Kier molecular flexibility index (Phi) is 3.80. The summed E-state index contributed by atoms with van der Waals surface area (Å²) in [6, 6.07) is 6.61. The highest BCUT2D eigenvalue weighted by atomic mass is 16.6. The Bertz CT molecular complexity index is 352. The van der Waals surface area contributed by atoms with E-state index in [1.54, 1.807) is 7.11 Å². The standard InChI is InChI=1S/C13H19NO2/c1-3-16-14-13-6-4-5-10-7-8-11(15-2)9-12(10)13/h7-9,13-14H,3-6H2,1-2H3. The molecule has 1 aromatic carbocycles. The van der Waals surface area contributed by atoms with Gasteiger partial charge >= 0.3 is 0 Å². The predicted molar refractivity (Wildman–Crippen MR) is 63.4 cm³/mol. The number of fused-ring (bicyclic) bond motifs is 1. The van der Waals surface area contributed by atoms with Crippen LogP contribution in [-0.2, 0) is 11.3 Å². The van der Waals surface area contributed by atoms with Crippen LogP contribution in [0.15, 0.2) is 18.2 Å². The summed E-state index contributed by atoms with van der Waals surface area (Å²) in [5, 5.41) is 0. The van der Waals surface area contributed by atoms with Gasteiger partial charge in [-0.15, -0.1) is 0 Å². The highest BCUT2D eigenvalue weighted by Gasteiger charge is 2.20. The van der Waals surface area contributed by atoms with E-state index in [1.807, 2.05) is 13.0 Å². The van der Waals surface area contributed by atoms with Crippen molar-refractivity contribution in [2.75, 3.05) is 13.7 Å². The van der Waals surface area contributed by atoms with E-state index >= 15 is 0 Å². The smallest absolute Gasteiger partial charge is 0.119 e. The topological polar surface area (TPSA) is 30.5 Å². The number of hydrogen-bond acceptors (Lipinski definition) is 3. The third-order valence-corrected chi connectivity index (χ3v) is 3.04. The quantitative estimate of drug-likeness (QED) is 0.793. The Labute approximate surface area is 96.7 Å². The number of hydrogen-bond donors (Lipinski definition) is 1. The van der Waals surface area contributed by atoms with Crippen LogP contribution >= 0.6 is 0 Å². The van der Waals surface area contributed by atoms with E-state index in [1.165, 1.54) is 17.5 Å². The second-order valence-electron chi connectivity index (χ2n) is 4.06. The van der Waals surface area contributed by atoms with Gasteiger partial charge in [0.05, 0.1) is 19.8 Å². The van der Waals surface area contributed by atoms with Crippen LogP contribution in [0, 0.1) is 0 Å². The van der Waals surface area contributed by atoms with Crippen molar-refractivity contribution >= 4 is 0 Å². The summed E-state index contributed by atoms with van der Waals surface area (Å²) in [6.07, 6.45) is 3.49. The van der Waals surface area contributed by atoms with E-state index in [9.17, 15) is 0 Å². The largest absolute Gasteiger partial charge is 0.497 e. The van der Waals surface area contributed by atoms with Crippen LogP contribution in [0.25, 0.3) is 0 Å². The lowest BCUT2D eigenvalue weighted by Gasteiger charge is -2.26. The molecular formula is C13H19NO2. The van der Waals surface area contributed by atoms with E-state index < -0.39 is 0 Å². The molecule has 88 valence electrons. The maximum atomic E-state index is 5.31. The highest BCUT2D eigenvalue weighted by Crippen LogP contribution is 2.32. The first-order valence-electron chi connectivity index (χ1n) is 5.89. The summed E-state index contributed by atoms with van der Waals surface area (Å²) in [4.78, 5) is 5.31. The molecule has 3 heteroatoms. The van der Waals surface area contributed by atoms with Gasteiger partial charge in [-0.05, 0) is 49.4 Å². The van der Waals surface area contributed by atoms with Gasteiger partial charge in [0, 0.05) is 0 Å². The van der Waals surface area contributed by atoms with E-state index in [2.05, 4.69) is 17.6 Å². The Morgan fingerprint density at radius 1 is 1.44 bits per heavy atom. The average molecular weight is 221 g/mol. The van der Waals surface area contributed by atoms with Crippen molar-refractivity contribution < 1.29 is 9.57 Å². The minimum absolute atomic E-state index is 0.304. The van der Waals surface area contributed by atoms with Gasteiger partial charge in [-0.2, -0.15) is 5.48 Å². The maximum Gasteiger partial charge on any atom is 0.119 e. The molecule has 1 N–H and O–H groups in total.